The summed E-state index contributed by atoms with van der Waals surface area (Å²) < 4.78 is 5.50. The first-order valence-corrected chi connectivity index (χ1v) is 10.3. The Morgan fingerprint density at radius 1 is 1.28 bits per heavy atom. The molecule has 2 saturated heterocycles. The Labute approximate surface area is 155 Å². The molecule has 0 aliphatic carbocycles. The minimum Gasteiger partial charge on any atom is -0.495 e. The van der Waals surface area contributed by atoms with Crippen LogP contribution in [0.1, 0.15) is 19.3 Å². The van der Waals surface area contributed by atoms with Gasteiger partial charge in [0.25, 0.3) is 0 Å². The molecular formula is C19H30N4OS. The van der Waals surface area contributed by atoms with Gasteiger partial charge < -0.3 is 20.3 Å². The first-order chi connectivity index (χ1) is 12.3. The highest BCUT2D eigenvalue weighted by Gasteiger charge is 2.24. The van der Waals surface area contributed by atoms with Crippen LogP contribution < -0.4 is 20.3 Å². The highest BCUT2D eigenvalue weighted by Crippen LogP contribution is 2.31. The molecule has 1 aromatic rings. The van der Waals surface area contributed by atoms with Gasteiger partial charge in [-0.05, 0) is 43.1 Å². The van der Waals surface area contributed by atoms with E-state index in [4.69, 9.17) is 4.74 Å². The second-order valence-electron chi connectivity index (χ2n) is 6.74. The minimum absolute atomic E-state index is 0.629. The quantitative estimate of drug-likeness (QED) is 0.602. The molecule has 2 unspecified atom stereocenters. The molecule has 1 aromatic carbocycles. The van der Waals surface area contributed by atoms with Crippen LogP contribution in [-0.2, 0) is 0 Å². The van der Waals surface area contributed by atoms with Gasteiger partial charge in [0, 0.05) is 38.5 Å². The molecule has 138 valence electrons. The molecule has 6 heteroatoms. The zero-order valence-electron chi connectivity index (χ0n) is 15.3. The van der Waals surface area contributed by atoms with E-state index >= 15 is 0 Å². The maximum absolute atomic E-state index is 5.50. The molecule has 2 N–H and O–H groups in total. The number of rotatable bonds is 6. The van der Waals surface area contributed by atoms with Crippen molar-refractivity contribution in [1.82, 2.24) is 10.6 Å². The highest BCUT2D eigenvalue weighted by molar-refractivity contribution is 8.00. The summed E-state index contributed by atoms with van der Waals surface area (Å²) in [5, 5.41) is 7.73. The second-order valence-corrected chi connectivity index (χ2v) is 8.15. The highest BCUT2D eigenvalue weighted by atomic mass is 32.2. The molecule has 3 rings (SSSR count). The SMILES string of the molecule is CN=C(NCC1CCN(c2ccccc2OC)C1)NCC1CCCS1. The smallest absolute Gasteiger partial charge is 0.191 e. The van der Waals surface area contributed by atoms with Crippen molar-refractivity contribution in [2.45, 2.75) is 24.5 Å². The number of methoxy groups -OCH3 is 1. The Morgan fingerprint density at radius 2 is 2.12 bits per heavy atom. The van der Waals surface area contributed by atoms with E-state index in [1.807, 2.05) is 19.2 Å². The van der Waals surface area contributed by atoms with Crippen LogP contribution in [0.25, 0.3) is 0 Å². The maximum atomic E-state index is 5.50. The van der Waals surface area contributed by atoms with Gasteiger partial charge in [-0.3, -0.25) is 4.99 Å². The van der Waals surface area contributed by atoms with Gasteiger partial charge in [0.1, 0.15) is 5.75 Å². The predicted octanol–water partition coefficient (Wildman–Crippen LogP) is 2.58. The van der Waals surface area contributed by atoms with Crippen molar-refractivity contribution in [3.05, 3.63) is 24.3 Å². The van der Waals surface area contributed by atoms with Crippen molar-refractivity contribution in [2.24, 2.45) is 10.9 Å². The summed E-state index contributed by atoms with van der Waals surface area (Å²) in [5.41, 5.74) is 1.20. The van der Waals surface area contributed by atoms with Gasteiger partial charge in [-0.2, -0.15) is 11.8 Å². The van der Waals surface area contributed by atoms with E-state index in [9.17, 15) is 0 Å². The van der Waals surface area contributed by atoms with Crippen molar-refractivity contribution in [3.8, 4) is 5.75 Å². The molecule has 2 aliphatic rings. The van der Waals surface area contributed by atoms with E-state index in [1.165, 1.54) is 30.7 Å². The van der Waals surface area contributed by atoms with E-state index in [0.29, 0.717) is 5.92 Å². The monoisotopic (exact) mass is 362 g/mol. The van der Waals surface area contributed by atoms with Crippen molar-refractivity contribution < 1.29 is 4.74 Å². The van der Waals surface area contributed by atoms with Crippen molar-refractivity contribution in [2.75, 3.05) is 51.0 Å². The summed E-state index contributed by atoms with van der Waals surface area (Å²) in [5.74, 6) is 3.83. The molecule has 25 heavy (non-hydrogen) atoms. The number of hydrogen-bond donors (Lipinski definition) is 2. The fourth-order valence-electron chi connectivity index (χ4n) is 3.59. The normalized spacial score (nSPS) is 23.8. The predicted molar refractivity (Wildman–Crippen MR) is 108 cm³/mol. The van der Waals surface area contributed by atoms with E-state index < -0.39 is 0 Å². The zero-order valence-corrected chi connectivity index (χ0v) is 16.1. The van der Waals surface area contributed by atoms with Crippen LogP contribution >= 0.6 is 11.8 Å². The number of ether oxygens (including phenoxy) is 1. The summed E-state index contributed by atoms with van der Waals surface area (Å²) in [6.45, 7) is 4.12. The standard InChI is InChI=1S/C19H30N4OS/c1-20-19(22-13-16-6-5-11-25-16)21-12-15-9-10-23(14-15)17-7-3-4-8-18(17)24-2/h3-4,7-8,15-16H,5-6,9-14H2,1-2H3,(H2,20,21,22). The third kappa shape index (κ3) is 4.97. The number of guanidine groups is 1. The van der Waals surface area contributed by atoms with Crippen LogP contribution in [0.3, 0.4) is 0 Å². The Hall–Kier alpha value is -1.56. The van der Waals surface area contributed by atoms with Gasteiger partial charge in [0.2, 0.25) is 0 Å². The average Bonchev–Trinajstić information content (AvgIpc) is 3.33. The summed E-state index contributed by atoms with van der Waals surface area (Å²) in [6.07, 6.45) is 3.87. The third-order valence-corrected chi connectivity index (χ3v) is 6.41. The maximum Gasteiger partial charge on any atom is 0.191 e. The number of aliphatic imine (C=N–C) groups is 1. The van der Waals surface area contributed by atoms with Crippen LogP contribution in [0.15, 0.2) is 29.3 Å². The van der Waals surface area contributed by atoms with Crippen LogP contribution in [0.2, 0.25) is 0 Å². The number of anilines is 1. The van der Waals surface area contributed by atoms with Gasteiger partial charge in [-0.15, -0.1) is 0 Å². The summed E-state index contributed by atoms with van der Waals surface area (Å²) >= 11 is 2.08. The van der Waals surface area contributed by atoms with Crippen LogP contribution in [-0.4, -0.2) is 57.3 Å². The van der Waals surface area contributed by atoms with Gasteiger partial charge in [-0.25, -0.2) is 0 Å². The minimum atomic E-state index is 0.629. The third-order valence-electron chi connectivity index (χ3n) is 5.01. The molecule has 2 aliphatic heterocycles. The molecule has 5 nitrogen and oxygen atoms in total. The largest absolute Gasteiger partial charge is 0.495 e. The summed E-state index contributed by atoms with van der Waals surface area (Å²) in [7, 11) is 3.60. The Balaban J connectivity index is 1.44. The molecule has 0 spiro atoms. The van der Waals surface area contributed by atoms with E-state index in [2.05, 4.69) is 44.4 Å². The van der Waals surface area contributed by atoms with E-state index in [0.717, 1.165) is 43.1 Å². The number of nitrogens with zero attached hydrogens (tertiary/aromatic N) is 2. The molecule has 0 amide bonds. The lowest BCUT2D eigenvalue weighted by molar-refractivity contribution is 0.414. The molecule has 0 radical (unpaired) electrons. The van der Waals surface area contributed by atoms with Crippen LogP contribution in [0.5, 0.6) is 5.75 Å². The second kappa shape index (κ2) is 9.22. The Kier molecular flexibility index (Phi) is 6.73. The first-order valence-electron chi connectivity index (χ1n) is 9.24. The van der Waals surface area contributed by atoms with Gasteiger partial charge >= 0.3 is 0 Å². The van der Waals surface area contributed by atoms with E-state index in [-0.39, 0.29) is 0 Å². The molecule has 0 aromatic heterocycles. The van der Waals surface area contributed by atoms with Crippen LogP contribution in [0.4, 0.5) is 5.69 Å². The number of thioether (sulfide) groups is 1. The lowest BCUT2D eigenvalue weighted by Crippen LogP contribution is -2.42. The Morgan fingerprint density at radius 3 is 2.88 bits per heavy atom. The average molecular weight is 363 g/mol. The first kappa shape index (κ1) is 18.2. The molecule has 0 bridgehead atoms. The van der Waals surface area contributed by atoms with E-state index in [1.54, 1.807) is 7.11 Å². The summed E-state index contributed by atoms with van der Waals surface area (Å²) in [4.78, 5) is 6.79. The molecule has 2 heterocycles. The van der Waals surface area contributed by atoms with Crippen LogP contribution in [0, 0.1) is 5.92 Å². The molecular weight excluding hydrogens is 332 g/mol. The number of para-hydroxylation sites is 2. The van der Waals surface area contributed by atoms with Gasteiger partial charge in [0.05, 0.1) is 12.8 Å². The van der Waals surface area contributed by atoms with Gasteiger partial charge in [-0.1, -0.05) is 12.1 Å². The van der Waals surface area contributed by atoms with Gasteiger partial charge in [0.15, 0.2) is 5.96 Å². The number of hydrogen-bond acceptors (Lipinski definition) is 4. The molecule has 0 saturated carbocycles. The fourth-order valence-corrected chi connectivity index (χ4v) is 4.79. The van der Waals surface area contributed by atoms with Crippen molar-refractivity contribution in [1.29, 1.82) is 0 Å². The Bertz CT molecular complexity index is 574. The number of nitrogens with one attached hydrogen (secondary N) is 2. The van der Waals surface area contributed by atoms with Crippen molar-refractivity contribution in [3.63, 3.8) is 0 Å². The lowest BCUT2D eigenvalue weighted by Gasteiger charge is -2.21. The molecule has 2 fully saturated rings. The molecule has 2 atom stereocenters. The lowest BCUT2D eigenvalue weighted by atomic mass is 10.1. The fraction of sp³-hybridized carbons (Fsp3) is 0.632. The topological polar surface area (TPSA) is 48.9 Å². The summed E-state index contributed by atoms with van der Waals surface area (Å²) in [6, 6.07) is 8.29. The zero-order chi connectivity index (χ0) is 17.5. The van der Waals surface area contributed by atoms with Crippen molar-refractivity contribution >= 4 is 23.4 Å². The number of benzene rings is 1.